The fourth-order valence-electron chi connectivity index (χ4n) is 5.14. The van der Waals surface area contributed by atoms with Crippen LogP contribution in [0, 0.1) is 10.1 Å². The molecule has 2 aliphatic rings. The number of nitrogens with zero attached hydrogens (tertiary/aromatic N) is 2. The van der Waals surface area contributed by atoms with Crippen LogP contribution in [-0.2, 0) is 6.42 Å². The molecule has 0 amide bonds. The maximum atomic E-state index is 11.3. The van der Waals surface area contributed by atoms with Gasteiger partial charge in [0.2, 0.25) is 0 Å². The Bertz CT molecular complexity index is 1190. The molecule has 1 aliphatic heterocycles. The van der Waals surface area contributed by atoms with E-state index in [-0.39, 0.29) is 23.0 Å². The van der Waals surface area contributed by atoms with E-state index in [1.54, 1.807) is 12.1 Å². The fourth-order valence-corrected chi connectivity index (χ4v) is 5.14. The van der Waals surface area contributed by atoms with Crippen LogP contribution in [0.15, 0.2) is 78.4 Å². The van der Waals surface area contributed by atoms with Crippen LogP contribution in [0.2, 0.25) is 0 Å². The molecule has 0 unspecified atom stereocenters. The number of piperidine rings is 1. The quantitative estimate of drug-likeness (QED) is 0.231. The van der Waals surface area contributed by atoms with E-state index in [4.69, 9.17) is 0 Å². The average Bonchev–Trinajstić information content (AvgIpc) is 3.02. The maximum absolute atomic E-state index is 11.3. The highest BCUT2D eigenvalue weighted by Gasteiger charge is 2.22. The lowest BCUT2D eigenvalue weighted by Gasteiger charge is -2.30. The Morgan fingerprint density at radius 1 is 0.794 bits per heavy atom. The number of nitro groups is 1. The maximum Gasteiger partial charge on any atom is 0.272 e. The van der Waals surface area contributed by atoms with Crippen molar-refractivity contribution in [1.29, 1.82) is 0 Å². The molecule has 0 aromatic heterocycles. The van der Waals surface area contributed by atoms with Gasteiger partial charge in [0.1, 0.15) is 0 Å². The first-order chi connectivity index (χ1) is 16.2. The largest absolute Gasteiger partial charge is 0.303 e. The van der Waals surface area contributed by atoms with E-state index in [1.165, 1.54) is 33.4 Å². The summed E-state index contributed by atoms with van der Waals surface area (Å²) < 4.78 is 0. The molecular weight excluding hydrogens is 444 g/mol. The highest BCUT2D eigenvalue weighted by atomic mass is 35.5. The van der Waals surface area contributed by atoms with Gasteiger partial charge < -0.3 is 4.90 Å². The summed E-state index contributed by atoms with van der Waals surface area (Å²) in [5.41, 5.74) is 9.24. The lowest BCUT2D eigenvalue weighted by Crippen LogP contribution is -2.32. The molecular formula is C29H29ClN2O2. The first-order valence-corrected chi connectivity index (χ1v) is 11.7. The summed E-state index contributed by atoms with van der Waals surface area (Å²) in [5.74, 6) is 0. The number of aryl methyl sites for hydroxylation is 1. The predicted molar refractivity (Wildman–Crippen MR) is 142 cm³/mol. The monoisotopic (exact) mass is 472 g/mol. The molecule has 0 saturated carbocycles. The fraction of sp³-hybridized carbons (Fsp3) is 0.241. The van der Waals surface area contributed by atoms with Gasteiger partial charge in [0.25, 0.3) is 5.69 Å². The van der Waals surface area contributed by atoms with Gasteiger partial charge >= 0.3 is 0 Å². The molecule has 0 spiro atoms. The zero-order valence-corrected chi connectivity index (χ0v) is 20.0. The van der Waals surface area contributed by atoms with E-state index in [0.29, 0.717) is 0 Å². The molecule has 0 N–H and O–H groups in total. The molecule has 1 aliphatic carbocycles. The van der Waals surface area contributed by atoms with Crippen molar-refractivity contribution in [3.8, 4) is 0 Å². The molecule has 3 aromatic rings. The number of nitro benzene ring substituents is 1. The Morgan fingerprint density at radius 3 is 1.97 bits per heavy atom. The Balaban J connectivity index is 0.00000274. The number of fused-ring (bicyclic) bond motifs is 2. The molecule has 5 rings (SSSR count). The summed E-state index contributed by atoms with van der Waals surface area (Å²) in [4.78, 5) is 13.5. The second-order valence-corrected chi connectivity index (χ2v) is 8.82. The van der Waals surface area contributed by atoms with Crippen molar-refractivity contribution in [2.24, 2.45) is 0 Å². The smallest absolute Gasteiger partial charge is 0.272 e. The standard InChI is InChI=1S/C29H28N2O2.ClH/c32-31(33)28-14-6-3-10-24(28)11-7-19-30-20-17-25(18-21-30)29-26-12-4-1-8-22(26)15-16-23-9-2-5-13-27(23)29;/h1-6,8-10,12-16H,7,11,17-21H2;1H. The van der Waals surface area contributed by atoms with Crippen LogP contribution in [0.5, 0.6) is 0 Å². The number of halogens is 1. The van der Waals surface area contributed by atoms with Crippen LogP contribution in [0.25, 0.3) is 17.7 Å². The van der Waals surface area contributed by atoms with Gasteiger partial charge in [-0.05, 0) is 60.1 Å². The molecule has 34 heavy (non-hydrogen) atoms. The molecule has 0 atom stereocenters. The molecule has 0 bridgehead atoms. The van der Waals surface area contributed by atoms with Crippen LogP contribution in [0.1, 0.15) is 47.1 Å². The third-order valence-corrected chi connectivity index (χ3v) is 6.82. The number of rotatable bonds is 5. The SMILES string of the molecule is Cl.O=[N+]([O-])c1ccccc1CCCN1CCC(=C2c3ccccc3C=Cc3ccccc32)CC1. The highest BCUT2D eigenvalue weighted by Crippen LogP contribution is 2.38. The molecule has 1 fully saturated rings. The van der Waals surface area contributed by atoms with Gasteiger partial charge in [-0.25, -0.2) is 0 Å². The zero-order chi connectivity index (χ0) is 22.6. The summed E-state index contributed by atoms with van der Waals surface area (Å²) in [5, 5.41) is 11.3. The van der Waals surface area contributed by atoms with Gasteiger partial charge in [0, 0.05) is 24.7 Å². The topological polar surface area (TPSA) is 46.4 Å². The highest BCUT2D eigenvalue weighted by molar-refractivity contribution is 5.94. The number of likely N-dealkylation sites (tertiary alicyclic amines) is 1. The zero-order valence-electron chi connectivity index (χ0n) is 19.2. The molecule has 1 heterocycles. The second-order valence-electron chi connectivity index (χ2n) is 8.82. The van der Waals surface area contributed by atoms with E-state index in [1.807, 2.05) is 12.1 Å². The normalized spacial score (nSPS) is 15.2. The summed E-state index contributed by atoms with van der Waals surface area (Å²) >= 11 is 0. The van der Waals surface area contributed by atoms with Crippen molar-refractivity contribution >= 4 is 35.8 Å². The van der Waals surface area contributed by atoms with Gasteiger partial charge in [0.15, 0.2) is 0 Å². The van der Waals surface area contributed by atoms with Crippen LogP contribution < -0.4 is 0 Å². The van der Waals surface area contributed by atoms with Crippen LogP contribution in [-0.4, -0.2) is 29.5 Å². The van der Waals surface area contributed by atoms with E-state index < -0.39 is 0 Å². The van der Waals surface area contributed by atoms with Gasteiger partial charge in [-0.15, -0.1) is 12.4 Å². The number of benzene rings is 3. The van der Waals surface area contributed by atoms with Gasteiger partial charge in [0.05, 0.1) is 4.92 Å². The minimum absolute atomic E-state index is 0. The van der Waals surface area contributed by atoms with Crippen molar-refractivity contribution in [2.75, 3.05) is 19.6 Å². The Labute approximate surface area is 207 Å². The summed E-state index contributed by atoms with van der Waals surface area (Å²) in [6, 6.07) is 24.5. The minimum atomic E-state index is -0.272. The van der Waals surface area contributed by atoms with E-state index in [9.17, 15) is 10.1 Å². The molecule has 0 radical (unpaired) electrons. The third-order valence-electron chi connectivity index (χ3n) is 6.82. The van der Waals surface area contributed by atoms with Crippen molar-refractivity contribution in [1.82, 2.24) is 4.90 Å². The molecule has 1 saturated heterocycles. The van der Waals surface area contributed by atoms with Crippen LogP contribution in [0.4, 0.5) is 5.69 Å². The first kappa shape index (κ1) is 23.9. The lowest BCUT2D eigenvalue weighted by atomic mass is 9.86. The van der Waals surface area contributed by atoms with Crippen LogP contribution in [0.3, 0.4) is 0 Å². The van der Waals surface area contributed by atoms with Crippen molar-refractivity contribution in [3.63, 3.8) is 0 Å². The van der Waals surface area contributed by atoms with Crippen molar-refractivity contribution in [3.05, 3.63) is 116 Å². The Hall–Kier alpha value is -3.21. The molecule has 4 nitrogen and oxygen atoms in total. The van der Waals surface area contributed by atoms with E-state index >= 15 is 0 Å². The first-order valence-electron chi connectivity index (χ1n) is 11.7. The van der Waals surface area contributed by atoms with Crippen molar-refractivity contribution < 1.29 is 4.92 Å². The van der Waals surface area contributed by atoms with E-state index in [0.717, 1.165) is 50.9 Å². The summed E-state index contributed by atoms with van der Waals surface area (Å²) in [6.45, 7) is 3.05. The number of para-hydroxylation sites is 1. The lowest BCUT2D eigenvalue weighted by molar-refractivity contribution is -0.385. The predicted octanol–water partition coefficient (Wildman–Crippen LogP) is 7.03. The third kappa shape index (κ3) is 4.98. The van der Waals surface area contributed by atoms with E-state index in [2.05, 4.69) is 65.6 Å². The Morgan fingerprint density at radius 2 is 1.35 bits per heavy atom. The Kier molecular flexibility index (Phi) is 7.61. The minimum Gasteiger partial charge on any atom is -0.303 e. The van der Waals surface area contributed by atoms with Crippen LogP contribution >= 0.6 is 12.4 Å². The molecule has 3 aromatic carbocycles. The summed E-state index contributed by atoms with van der Waals surface area (Å²) in [6.07, 6.45) is 8.27. The molecule has 174 valence electrons. The van der Waals surface area contributed by atoms with Gasteiger partial charge in [-0.3, -0.25) is 10.1 Å². The second kappa shape index (κ2) is 10.8. The van der Waals surface area contributed by atoms with Gasteiger partial charge in [-0.2, -0.15) is 0 Å². The average molecular weight is 473 g/mol. The number of hydrogen-bond donors (Lipinski definition) is 0. The number of hydrogen-bond acceptors (Lipinski definition) is 3. The van der Waals surface area contributed by atoms with Gasteiger partial charge in [-0.1, -0.05) is 84.5 Å². The summed E-state index contributed by atoms with van der Waals surface area (Å²) in [7, 11) is 0. The molecule has 5 heteroatoms. The van der Waals surface area contributed by atoms with Crippen molar-refractivity contribution in [2.45, 2.75) is 25.7 Å².